The molecule has 0 bridgehead atoms. The van der Waals surface area contributed by atoms with Crippen molar-refractivity contribution >= 4 is 16.5 Å². The van der Waals surface area contributed by atoms with Gasteiger partial charge in [0.15, 0.2) is 11.6 Å². The lowest BCUT2D eigenvalue weighted by atomic mass is 9.96. The van der Waals surface area contributed by atoms with Crippen LogP contribution in [-0.2, 0) is 6.42 Å². The fraction of sp³-hybridized carbons (Fsp3) is 0.379. The number of halogens is 1. The Kier molecular flexibility index (Phi) is 6.30. The zero-order valence-electron chi connectivity index (χ0n) is 21.4. The van der Waals surface area contributed by atoms with E-state index >= 15 is 4.39 Å². The molecule has 2 aromatic carbocycles. The molecule has 0 amide bonds. The summed E-state index contributed by atoms with van der Waals surface area (Å²) >= 11 is 0. The average Bonchev–Trinajstić information content (AvgIpc) is 3.57. The highest BCUT2D eigenvalue weighted by molar-refractivity contribution is 5.95. The van der Waals surface area contributed by atoms with Crippen molar-refractivity contribution < 1.29 is 9.50 Å². The lowest BCUT2D eigenvalue weighted by Gasteiger charge is -2.39. The smallest absolute Gasteiger partial charge is 0.159 e. The number of nitrogens with zero attached hydrogens (tertiary/aromatic N) is 4. The number of phenols is 1. The Bertz CT molecular complexity index is 1470. The molecular formula is C29H33FN6O. The van der Waals surface area contributed by atoms with Gasteiger partial charge in [0.05, 0.1) is 5.69 Å². The highest BCUT2D eigenvalue weighted by atomic mass is 19.1. The summed E-state index contributed by atoms with van der Waals surface area (Å²) in [6, 6.07) is 9.35. The lowest BCUT2D eigenvalue weighted by molar-refractivity contribution is 0.121. The molecule has 8 heteroatoms. The molecule has 1 atom stereocenters. The fourth-order valence-electron chi connectivity index (χ4n) is 5.87. The highest BCUT2D eigenvalue weighted by Gasteiger charge is 2.26. The molecule has 4 aromatic rings. The maximum atomic E-state index is 15.6. The number of piperidine rings is 1. The van der Waals surface area contributed by atoms with Gasteiger partial charge in [-0.3, -0.25) is 10.00 Å². The van der Waals surface area contributed by atoms with Crippen LogP contribution < -0.4 is 0 Å². The number of H-pyrrole nitrogens is 2. The molecule has 4 heterocycles. The number of nitrogens with one attached hydrogen (secondary N) is 2. The molecule has 2 aliphatic heterocycles. The number of benzene rings is 2. The second-order valence-electron chi connectivity index (χ2n) is 10.3. The molecular weight excluding hydrogens is 467 g/mol. The number of hydrogen-bond donors (Lipinski definition) is 3. The van der Waals surface area contributed by atoms with Crippen molar-refractivity contribution in [2.75, 3.05) is 33.2 Å². The Labute approximate surface area is 216 Å². The first-order chi connectivity index (χ1) is 18.0. The minimum absolute atomic E-state index is 0.182. The van der Waals surface area contributed by atoms with Gasteiger partial charge in [-0.25, -0.2) is 9.37 Å². The molecule has 1 fully saturated rings. The van der Waals surface area contributed by atoms with Crippen LogP contribution in [0.1, 0.15) is 37.4 Å². The van der Waals surface area contributed by atoms with Crippen LogP contribution in [0.5, 0.6) is 5.75 Å². The Morgan fingerprint density at radius 1 is 1.16 bits per heavy atom. The van der Waals surface area contributed by atoms with E-state index in [1.807, 2.05) is 19.2 Å². The number of aromatic amines is 2. The first-order valence-electron chi connectivity index (χ1n) is 13.2. The summed E-state index contributed by atoms with van der Waals surface area (Å²) in [5, 5.41) is 17.8. The van der Waals surface area contributed by atoms with Gasteiger partial charge in [-0.15, -0.1) is 0 Å². The Balaban J connectivity index is 1.25. The number of aromatic hydroxyl groups is 1. The second kappa shape index (κ2) is 9.76. The predicted octanol–water partition coefficient (Wildman–Crippen LogP) is 5.21. The molecule has 1 unspecified atom stereocenters. The average molecular weight is 501 g/mol. The molecule has 0 radical (unpaired) electrons. The van der Waals surface area contributed by atoms with Crippen LogP contribution in [-0.4, -0.2) is 74.3 Å². The van der Waals surface area contributed by atoms with Gasteiger partial charge in [-0.1, -0.05) is 25.1 Å². The van der Waals surface area contributed by atoms with Crippen molar-refractivity contribution in [2.45, 2.75) is 38.6 Å². The Morgan fingerprint density at radius 2 is 2.03 bits per heavy atom. The van der Waals surface area contributed by atoms with Crippen LogP contribution in [0.4, 0.5) is 4.39 Å². The molecule has 2 aliphatic rings. The second-order valence-corrected chi connectivity index (χ2v) is 10.3. The summed E-state index contributed by atoms with van der Waals surface area (Å²) in [5.41, 5.74) is 5.29. The highest BCUT2D eigenvalue weighted by Crippen LogP contribution is 2.35. The van der Waals surface area contributed by atoms with Gasteiger partial charge >= 0.3 is 0 Å². The van der Waals surface area contributed by atoms with Crippen LogP contribution in [0.3, 0.4) is 0 Å². The third-order valence-electron chi connectivity index (χ3n) is 7.92. The number of phenolic OH excluding ortho intramolecular Hbond substituents is 1. The van der Waals surface area contributed by atoms with Crippen molar-refractivity contribution in [1.29, 1.82) is 0 Å². The van der Waals surface area contributed by atoms with Crippen molar-refractivity contribution in [2.24, 2.45) is 0 Å². The molecule has 6 rings (SSSR count). The maximum Gasteiger partial charge on any atom is 0.159 e. The van der Waals surface area contributed by atoms with Gasteiger partial charge < -0.3 is 15.0 Å². The number of aromatic nitrogens is 4. The molecule has 0 saturated carbocycles. The number of likely N-dealkylation sites (N-methyl/N-ethyl adjacent to an activating group) is 1. The van der Waals surface area contributed by atoms with E-state index in [1.54, 1.807) is 24.3 Å². The lowest BCUT2D eigenvalue weighted by Crippen LogP contribution is -2.47. The van der Waals surface area contributed by atoms with E-state index in [0.717, 1.165) is 42.9 Å². The SMILES string of the molecule is CCc1cc(O)ccc1-c1ccc2c(-c3nc(C4=CCN(C5CCCN(C)C5)CC4)c[nH]3)n[nH]c2c1F. The van der Waals surface area contributed by atoms with Crippen molar-refractivity contribution in [1.82, 2.24) is 30.0 Å². The summed E-state index contributed by atoms with van der Waals surface area (Å²) in [6.07, 6.45) is 8.44. The van der Waals surface area contributed by atoms with Crippen LogP contribution in [0.15, 0.2) is 42.6 Å². The molecule has 3 N–H and O–H groups in total. The van der Waals surface area contributed by atoms with E-state index in [4.69, 9.17) is 4.98 Å². The maximum absolute atomic E-state index is 15.6. The van der Waals surface area contributed by atoms with Gasteiger partial charge in [0, 0.05) is 42.8 Å². The monoisotopic (exact) mass is 500 g/mol. The number of rotatable bonds is 5. The number of likely N-dealkylation sites (tertiary alicyclic amines) is 1. The molecule has 7 nitrogen and oxygen atoms in total. The van der Waals surface area contributed by atoms with Gasteiger partial charge in [0.1, 0.15) is 17.0 Å². The van der Waals surface area contributed by atoms with Crippen molar-refractivity contribution in [3.05, 3.63) is 59.7 Å². The van der Waals surface area contributed by atoms with E-state index < -0.39 is 0 Å². The third-order valence-corrected chi connectivity index (χ3v) is 7.92. The quantitative estimate of drug-likeness (QED) is 0.350. The molecule has 192 valence electrons. The number of fused-ring (bicyclic) bond motifs is 1. The fourth-order valence-corrected chi connectivity index (χ4v) is 5.87. The summed E-state index contributed by atoms with van der Waals surface area (Å²) in [6.45, 7) is 6.33. The van der Waals surface area contributed by atoms with E-state index in [0.29, 0.717) is 40.4 Å². The molecule has 2 aromatic heterocycles. The summed E-state index contributed by atoms with van der Waals surface area (Å²) in [5.74, 6) is 0.457. The van der Waals surface area contributed by atoms with Gasteiger partial charge in [-0.2, -0.15) is 5.10 Å². The normalized spacial score (nSPS) is 19.4. The molecule has 37 heavy (non-hydrogen) atoms. The van der Waals surface area contributed by atoms with E-state index in [-0.39, 0.29) is 11.6 Å². The molecule has 1 saturated heterocycles. The van der Waals surface area contributed by atoms with Crippen molar-refractivity contribution in [3.8, 4) is 28.4 Å². The summed E-state index contributed by atoms with van der Waals surface area (Å²) < 4.78 is 15.6. The van der Waals surface area contributed by atoms with Crippen LogP contribution in [0, 0.1) is 5.82 Å². The Hall–Kier alpha value is -3.49. The first kappa shape index (κ1) is 23.9. The largest absolute Gasteiger partial charge is 0.508 e. The summed E-state index contributed by atoms with van der Waals surface area (Å²) in [7, 11) is 2.21. The number of aryl methyl sites for hydroxylation is 1. The summed E-state index contributed by atoms with van der Waals surface area (Å²) in [4.78, 5) is 13.1. The van der Waals surface area contributed by atoms with E-state index in [1.165, 1.54) is 25.0 Å². The predicted molar refractivity (Wildman–Crippen MR) is 145 cm³/mol. The Morgan fingerprint density at radius 3 is 2.81 bits per heavy atom. The van der Waals surface area contributed by atoms with Gasteiger partial charge in [0.2, 0.25) is 0 Å². The zero-order chi connectivity index (χ0) is 25.5. The van der Waals surface area contributed by atoms with Crippen LogP contribution >= 0.6 is 0 Å². The van der Waals surface area contributed by atoms with Gasteiger partial charge in [0.25, 0.3) is 0 Å². The van der Waals surface area contributed by atoms with E-state index in [9.17, 15) is 5.11 Å². The third kappa shape index (κ3) is 4.45. The topological polar surface area (TPSA) is 84.1 Å². The van der Waals surface area contributed by atoms with Crippen LogP contribution in [0.2, 0.25) is 0 Å². The van der Waals surface area contributed by atoms with Crippen LogP contribution in [0.25, 0.3) is 39.1 Å². The molecule has 0 aliphatic carbocycles. The molecule has 0 spiro atoms. The minimum atomic E-state index is -0.355. The standard InChI is InChI=1S/C29H33FN6O/c1-3-18-15-21(37)6-7-22(18)23-8-9-24-27(26(23)30)33-34-28(24)29-31-16-25(32-29)19-10-13-36(14-11-19)20-5-4-12-35(2)17-20/h6-10,15-16,20,37H,3-5,11-14,17H2,1-2H3,(H,31,32)(H,33,34). The van der Waals surface area contributed by atoms with E-state index in [2.05, 4.69) is 38.1 Å². The van der Waals surface area contributed by atoms with Crippen molar-refractivity contribution in [3.63, 3.8) is 0 Å². The number of imidazole rings is 1. The minimum Gasteiger partial charge on any atom is -0.508 e. The van der Waals surface area contributed by atoms with Gasteiger partial charge in [-0.05, 0) is 74.2 Å². The first-order valence-corrected chi connectivity index (χ1v) is 13.2. The number of hydrogen-bond acceptors (Lipinski definition) is 5. The zero-order valence-corrected chi connectivity index (χ0v) is 21.4.